The molecular formula is C12H8N2O. The van der Waals surface area contributed by atoms with E-state index in [2.05, 4.69) is 4.99 Å². The number of fused-ring (bicyclic) bond motifs is 2. The molecule has 1 aromatic carbocycles. The minimum absolute atomic E-state index is 0.405. The zero-order valence-electron chi connectivity index (χ0n) is 7.90. The first-order chi connectivity index (χ1) is 7.25. The molecule has 0 unspecified atom stereocenters. The molecule has 0 atom stereocenters. The van der Waals surface area contributed by atoms with Crippen LogP contribution in [0.4, 0.5) is 0 Å². The molecule has 0 spiro atoms. The fourth-order valence-corrected chi connectivity index (χ4v) is 1.87. The highest BCUT2D eigenvalue weighted by Crippen LogP contribution is 2.20. The Balaban J connectivity index is 2.40. The van der Waals surface area contributed by atoms with Crippen molar-refractivity contribution < 1.29 is 4.79 Å². The van der Waals surface area contributed by atoms with Gasteiger partial charge in [0.05, 0.1) is 11.1 Å². The van der Waals surface area contributed by atoms with E-state index in [4.69, 9.17) is 5.73 Å². The van der Waals surface area contributed by atoms with Gasteiger partial charge in [0.25, 0.3) is 0 Å². The number of nitrogens with zero attached hydrogens (tertiary/aromatic N) is 1. The second kappa shape index (κ2) is 2.67. The van der Waals surface area contributed by atoms with Gasteiger partial charge in [0.2, 0.25) is 5.91 Å². The van der Waals surface area contributed by atoms with E-state index in [0.29, 0.717) is 5.56 Å². The second-order valence-electron chi connectivity index (χ2n) is 3.53. The second-order valence-corrected chi connectivity index (χ2v) is 3.53. The molecule has 2 aliphatic rings. The summed E-state index contributed by atoms with van der Waals surface area (Å²) in [5.74, 6) is -0.405. The number of carbonyl (C=O) groups excluding carboxylic acids is 1. The number of rotatable bonds is 1. The summed E-state index contributed by atoms with van der Waals surface area (Å²) in [5.41, 5.74) is 7.80. The first-order valence-electron chi connectivity index (χ1n) is 4.67. The highest BCUT2D eigenvalue weighted by atomic mass is 16.1. The molecule has 3 heteroatoms. The topological polar surface area (TPSA) is 55.5 Å². The van der Waals surface area contributed by atoms with Crippen molar-refractivity contribution in [2.45, 2.75) is 0 Å². The van der Waals surface area contributed by atoms with Gasteiger partial charge in [-0.25, -0.2) is 4.99 Å². The van der Waals surface area contributed by atoms with Crippen LogP contribution < -0.4 is 16.3 Å². The summed E-state index contributed by atoms with van der Waals surface area (Å²) < 4.78 is 0. The molecule has 3 rings (SSSR count). The van der Waals surface area contributed by atoms with Crippen molar-refractivity contribution in [3.63, 3.8) is 0 Å². The third kappa shape index (κ3) is 1.06. The number of allylic oxidation sites excluding steroid dienone is 3. The SMILES string of the molecule is NC(=O)c1ccc2c(c1)=C1C=CC=C1N=2. The predicted octanol–water partition coefficient (Wildman–Crippen LogP) is 0.0231. The van der Waals surface area contributed by atoms with Crippen molar-refractivity contribution in [2.24, 2.45) is 10.7 Å². The average molecular weight is 196 g/mol. The summed E-state index contributed by atoms with van der Waals surface area (Å²) in [6.45, 7) is 0. The highest BCUT2D eigenvalue weighted by molar-refractivity contribution is 5.93. The lowest BCUT2D eigenvalue weighted by molar-refractivity contribution is 0.1000. The Morgan fingerprint density at radius 1 is 1.33 bits per heavy atom. The molecule has 1 aliphatic heterocycles. The van der Waals surface area contributed by atoms with E-state index in [1.807, 2.05) is 24.3 Å². The van der Waals surface area contributed by atoms with Crippen LogP contribution in [-0.2, 0) is 0 Å². The molecule has 0 aromatic heterocycles. The largest absolute Gasteiger partial charge is 0.366 e. The first-order valence-corrected chi connectivity index (χ1v) is 4.67. The fourth-order valence-electron chi connectivity index (χ4n) is 1.87. The summed E-state index contributed by atoms with van der Waals surface area (Å²) in [5, 5.41) is 1.90. The maximum absolute atomic E-state index is 11.0. The van der Waals surface area contributed by atoms with E-state index < -0.39 is 5.91 Å². The van der Waals surface area contributed by atoms with Crippen LogP contribution in [0, 0.1) is 0 Å². The Bertz CT molecular complexity index is 651. The van der Waals surface area contributed by atoms with E-state index in [-0.39, 0.29) is 0 Å². The van der Waals surface area contributed by atoms with Gasteiger partial charge in [-0.1, -0.05) is 12.2 Å². The molecule has 0 saturated carbocycles. The monoisotopic (exact) mass is 196 g/mol. The van der Waals surface area contributed by atoms with Crippen LogP contribution in [0.5, 0.6) is 0 Å². The molecule has 1 aliphatic carbocycles. The fraction of sp³-hybridized carbons (Fsp3) is 0. The minimum atomic E-state index is -0.405. The van der Waals surface area contributed by atoms with Crippen molar-refractivity contribution >= 4 is 11.5 Å². The van der Waals surface area contributed by atoms with Gasteiger partial charge in [0.1, 0.15) is 0 Å². The van der Waals surface area contributed by atoms with Crippen LogP contribution in [0.3, 0.4) is 0 Å². The van der Waals surface area contributed by atoms with Crippen LogP contribution in [0.15, 0.2) is 47.1 Å². The summed E-state index contributed by atoms with van der Waals surface area (Å²) in [6.07, 6.45) is 5.91. The van der Waals surface area contributed by atoms with Crippen LogP contribution in [0.1, 0.15) is 10.4 Å². The van der Waals surface area contributed by atoms with Gasteiger partial charge in [-0.2, -0.15) is 0 Å². The third-order valence-corrected chi connectivity index (χ3v) is 2.61. The molecule has 0 fully saturated rings. The number of hydrogen-bond acceptors (Lipinski definition) is 2. The van der Waals surface area contributed by atoms with Gasteiger partial charge in [0.15, 0.2) is 0 Å². The van der Waals surface area contributed by atoms with Gasteiger partial charge in [0, 0.05) is 16.4 Å². The molecule has 15 heavy (non-hydrogen) atoms. The van der Waals surface area contributed by atoms with E-state index in [1.165, 1.54) is 0 Å². The van der Waals surface area contributed by atoms with Gasteiger partial charge >= 0.3 is 0 Å². The van der Waals surface area contributed by atoms with Gasteiger partial charge in [-0.3, -0.25) is 4.79 Å². The van der Waals surface area contributed by atoms with E-state index >= 15 is 0 Å². The smallest absolute Gasteiger partial charge is 0.248 e. The predicted molar refractivity (Wildman–Crippen MR) is 56.4 cm³/mol. The maximum Gasteiger partial charge on any atom is 0.248 e. The van der Waals surface area contributed by atoms with Crippen LogP contribution >= 0.6 is 0 Å². The lowest BCUT2D eigenvalue weighted by Crippen LogP contribution is -2.25. The van der Waals surface area contributed by atoms with Crippen LogP contribution in [-0.4, -0.2) is 5.91 Å². The molecule has 1 aromatic rings. The molecule has 72 valence electrons. The van der Waals surface area contributed by atoms with E-state index in [0.717, 1.165) is 21.8 Å². The summed E-state index contributed by atoms with van der Waals surface area (Å²) >= 11 is 0. The molecule has 1 heterocycles. The summed E-state index contributed by atoms with van der Waals surface area (Å²) in [4.78, 5) is 15.5. The van der Waals surface area contributed by atoms with Crippen molar-refractivity contribution in [1.82, 2.24) is 0 Å². The number of hydrogen-bond donors (Lipinski definition) is 1. The Morgan fingerprint density at radius 2 is 2.20 bits per heavy atom. The molecule has 0 radical (unpaired) electrons. The van der Waals surface area contributed by atoms with Crippen molar-refractivity contribution in [3.8, 4) is 0 Å². The quantitative estimate of drug-likeness (QED) is 0.676. The number of amides is 1. The zero-order chi connectivity index (χ0) is 10.4. The Hall–Kier alpha value is -2.16. The number of carbonyl (C=O) groups is 1. The van der Waals surface area contributed by atoms with Crippen LogP contribution in [0.25, 0.3) is 5.57 Å². The van der Waals surface area contributed by atoms with Gasteiger partial charge in [-0.05, 0) is 24.3 Å². The molecule has 0 bridgehead atoms. The summed E-state index contributed by atoms with van der Waals surface area (Å²) in [6, 6.07) is 5.33. The molecule has 1 amide bonds. The van der Waals surface area contributed by atoms with Gasteiger partial charge < -0.3 is 5.73 Å². The molecule has 0 saturated heterocycles. The van der Waals surface area contributed by atoms with Gasteiger partial charge in [-0.15, -0.1) is 0 Å². The number of primary amides is 1. The Labute approximate surface area is 85.9 Å². The molecule has 3 nitrogen and oxygen atoms in total. The third-order valence-electron chi connectivity index (χ3n) is 2.61. The Kier molecular flexibility index (Phi) is 1.45. The first kappa shape index (κ1) is 8.17. The van der Waals surface area contributed by atoms with Crippen molar-refractivity contribution in [3.05, 3.63) is 58.3 Å². The standard InChI is InChI=1S/C12H8N2O/c13-12(15)7-4-5-11-9(6-7)8-2-1-3-10(8)14-11/h1-6H,(H2,13,15). The molecular weight excluding hydrogens is 188 g/mol. The lowest BCUT2D eigenvalue weighted by atomic mass is 10.1. The van der Waals surface area contributed by atoms with Crippen LogP contribution in [0.2, 0.25) is 0 Å². The van der Waals surface area contributed by atoms with E-state index in [1.54, 1.807) is 12.1 Å². The normalized spacial score (nSPS) is 15.7. The lowest BCUT2D eigenvalue weighted by Gasteiger charge is -1.93. The van der Waals surface area contributed by atoms with E-state index in [9.17, 15) is 4.79 Å². The average Bonchev–Trinajstić information content (AvgIpc) is 2.75. The Morgan fingerprint density at radius 3 is 3.00 bits per heavy atom. The summed E-state index contributed by atoms with van der Waals surface area (Å²) in [7, 11) is 0. The number of nitrogens with two attached hydrogens (primary N) is 1. The maximum atomic E-state index is 11.0. The molecule has 2 N–H and O–H groups in total. The zero-order valence-corrected chi connectivity index (χ0v) is 7.90. The number of benzene rings is 1. The van der Waals surface area contributed by atoms with Crippen molar-refractivity contribution in [1.29, 1.82) is 0 Å². The minimum Gasteiger partial charge on any atom is -0.366 e. The highest BCUT2D eigenvalue weighted by Gasteiger charge is 2.13. The van der Waals surface area contributed by atoms with Crippen molar-refractivity contribution in [2.75, 3.05) is 0 Å².